The van der Waals surface area contributed by atoms with Gasteiger partial charge in [0.2, 0.25) is 0 Å². The van der Waals surface area contributed by atoms with Crippen LogP contribution in [0.4, 0.5) is 0 Å². The molecule has 4 rings (SSSR count). The SMILES string of the molecule is COc1ccc([C@H](C)NC(=O)c2cc(-c3ccncc3)nc3c(C)c(C)ccc23)cc1. The van der Waals surface area contributed by atoms with Crippen molar-refractivity contribution in [2.45, 2.75) is 26.8 Å². The van der Waals surface area contributed by atoms with Gasteiger partial charge in [0, 0.05) is 23.3 Å². The summed E-state index contributed by atoms with van der Waals surface area (Å²) in [7, 11) is 1.64. The summed E-state index contributed by atoms with van der Waals surface area (Å²) in [4.78, 5) is 22.3. The van der Waals surface area contributed by atoms with E-state index in [0.29, 0.717) is 5.56 Å². The highest BCUT2D eigenvalue weighted by atomic mass is 16.5. The van der Waals surface area contributed by atoms with Crippen molar-refractivity contribution in [1.29, 1.82) is 0 Å². The van der Waals surface area contributed by atoms with Gasteiger partial charge in [0.1, 0.15) is 5.75 Å². The Morgan fingerprint density at radius 1 is 1.00 bits per heavy atom. The molecule has 1 amide bonds. The van der Waals surface area contributed by atoms with E-state index in [2.05, 4.69) is 17.2 Å². The molecule has 0 radical (unpaired) electrons. The van der Waals surface area contributed by atoms with Crippen LogP contribution in [0.3, 0.4) is 0 Å². The summed E-state index contributed by atoms with van der Waals surface area (Å²) in [6.07, 6.45) is 3.46. The zero-order valence-corrected chi connectivity index (χ0v) is 18.1. The molecule has 0 aliphatic carbocycles. The van der Waals surface area contributed by atoms with Crippen molar-refractivity contribution >= 4 is 16.8 Å². The molecule has 2 aromatic heterocycles. The normalized spacial score (nSPS) is 11.9. The molecule has 0 unspecified atom stereocenters. The Labute approximate surface area is 182 Å². The highest BCUT2D eigenvalue weighted by molar-refractivity contribution is 6.08. The number of carbonyl (C=O) groups is 1. The molecule has 1 N–H and O–H groups in total. The molecule has 0 spiro atoms. The maximum absolute atomic E-state index is 13.4. The van der Waals surface area contributed by atoms with E-state index in [9.17, 15) is 4.79 Å². The number of nitrogens with one attached hydrogen (secondary N) is 1. The van der Waals surface area contributed by atoms with Gasteiger partial charge in [-0.3, -0.25) is 9.78 Å². The lowest BCUT2D eigenvalue weighted by molar-refractivity contribution is 0.0941. The molecule has 0 bridgehead atoms. The zero-order chi connectivity index (χ0) is 22.0. The van der Waals surface area contributed by atoms with E-state index >= 15 is 0 Å². The molecule has 156 valence electrons. The number of aryl methyl sites for hydroxylation is 2. The fourth-order valence-electron chi connectivity index (χ4n) is 3.64. The predicted octanol–water partition coefficient (Wildman–Crippen LogP) is 5.41. The second kappa shape index (κ2) is 8.56. The molecule has 0 aliphatic heterocycles. The smallest absolute Gasteiger partial charge is 0.252 e. The van der Waals surface area contributed by atoms with Crippen LogP contribution in [0.5, 0.6) is 5.75 Å². The summed E-state index contributed by atoms with van der Waals surface area (Å²) in [5.41, 5.74) is 6.36. The Kier molecular flexibility index (Phi) is 5.67. The second-order valence-electron chi connectivity index (χ2n) is 7.66. The van der Waals surface area contributed by atoms with Gasteiger partial charge in [-0.15, -0.1) is 0 Å². The van der Waals surface area contributed by atoms with Crippen LogP contribution in [0, 0.1) is 13.8 Å². The van der Waals surface area contributed by atoms with E-state index in [1.54, 1.807) is 19.5 Å². The quantitative estimate of drug-likeness (QED) is 0.477. The molecule has 2 aromatic carbocycles. The monoisotopic (exact) mass is 411 g/mol. The first-order valence-electron chi connectivity index (χ1n) is 10.2. The molecule has 0 saturated carbocycles. The van der Waals surface area contributed by atoms with Gasteiger partial charge in [-0.25, -0.2) is 4.98 Å². The van der Waals surface area contributed by atoms with Gasteiger partial charge < -0.3 is 10.1 Å². The van der Waals surface area contributed by atoms with E-state index < -0.39 is 0 Å². The summed E-state index contributed by atoms with van der Waals surface area (Å²) in [6, 6.07) is 17.3. The van der Waals surface area contributed by atoms with Gasteiger partial charge in [0.05, 0.1) is 29.9 Å². The minimum Gasteiger partial charge on any atom is -0.497 e. The van der Waals surface area contributed by atoms with Gasteiger partial charge in [0.25, 0.3) is 5.91 Å². The zero-order valence-electron chi connectivity index (χ0n) is 18.1. The van der Waals surface area contributed by atoms with Crippen molar-refractivity contribution in [3.63, 3.8) is 0 Å². The van der Waals surface area contributed by atoms with Crippen molar-refractivity contribution in [1.82, 2.24) is 15.3 Å². The predicted molar refractivity (Wildman–Crippen MR) is 123 cm³/mol. The topological polar surface area (TPSA) is 64.1 Å². The summed E-state index contributed by atoms with van der Waals surface area (Å²) in [5.74, 6) is 0.657. The Morgan fingerprint density at radius 2 is 1.71 bits per heavy atom. The van der Waals surface area contributed by atoms with Crippen molar-refractivity contribution in [2.24, 2.45) is 0 Å². The maximum atomic E-state index is 13.4. The van der Waals surface area contributed by atoms with E-state index in [4.69, 9.17) is 9.72 Å². The van der Waals surface area contributed by atoms with Crippen molar-refractivity contribution in [3.8, 4) is 17.0 Å². The summed E-state index contributed by atoms with van der Waals surface area (Å²) >= 11 is 0. The van der Waals surface area contributed by atoms with Crippen LogP contribution >= 0.6 is 0 Å². The average molecular weight is 412 g/mol. The summed E-state index contributed by atoms with van der Waals surface area (Å²) in [6.45, 7) is 6.08. The lowest BCUT2D eigenvalue weighted by atomic mass is 9.98. The Bertz CT molecular complexity index is 1240. The van der Waals surface area contributed by atoms with Crippen LogP contribution in [-0.4, -0.2) is 23.0 Å². The number of ether oxygens (including phenoxy) is 1. The number of amides is 1. The molecule has 2 heterocycles. The van der Waals surface area contributed by atoms with Crippen LogP contribution < -0.4 is 10.1 Å². The van der Waals surface area contributed by atoms with Crippen LogP contribution in [-0.2, 0) is 0 Å². The Morgan fingerprint density at radius 3 is 2.39 bits per heavy atom. The first-order chi connectivity index (χ1) is 15.0. The van der Waals surface area contributed by atoms with Crippen LogP contribution in [0.1, 0.15) is 40.0 Å². The number of carbonyl (C=O) groups excluding carboxylic acids is 1. The number of fused-ring (bicyclic) bond motifs is 1. The van der Waals surface area contributed by atoms with Gasteiger partial charge in [0.15, 0.2) is 0 Å². The van der Waals surface area contributed by atoms with E-state index in [1.165, 1.54) is 0 Å². The first-order valence-corrected chi connectivity index (χ1v) is 10.2. The van der Waals surface area contributed by atoms with Gasteiger partial charge >= 0.3 is 0 Å². The van der Waals surface area contributed by atoms with Gasteiger partial charge in [-0.2, -0.15) is 0 Å². The molecular weight excluding hydrogens is 386 g/mol. The number of aromatic nitrogens is 2. The number of benzene rings is 2. The number of pyridine rings is 2. The number of hydrogen-bond donors (Lipinski definition) is 1. The molecule has 5 nitrogen and oxygen atoms in total. The van der Waals surface area contributed by atoms with Crippen LogP contribution in [0.25, 0.3) is 22.2 Å². The third-order valence-corrected chi connectivity index (χ3v) is 5.69. The van der Waals surface area contributed by atoms with Crippen LogP contribution in [0.15, 0.2) is 67.0 Å². The van der Waals surface area contributed by atoms with Gasteiger partial charge in [-0.05, 0) is 67.8 Å². The number of methoxy groups -OCH3 is 1. The molecule has 31 heavy (non-hydrogen) atoms. The summed E-state index contributed by atoms with van der Waals surface area (Å²) in [5, 5.41) is 3.98. The Balaban J connectivity index is 1.76. The molecule has 4 aromatic rings. The number of hydrogen-bond acceptors (Lipinski definition) is 4. The van der Waals surface area contributed by atoms with Crippen molar-refractivity contribution < 1.29 is 9.53 Å². The molecule has 0 aliphatic rings. The summed E-state index contributed by atoms with van der Waals surface area (Å²) < 4.78 is 5.22. The van der Waals surface area contributed by atoms with E-state index in [1.807, 2.05) is 68.4 Å². The first kappa shape index (κ1) is 20.5. The second-order valence-corrected chi connectivity index (χ2v) is 7.66. The molecule has 5 heteroatoms. The number of rotatable bonds is 5. The molecule has 0 fully saturated rings. The highest BCUT2D eigenvalue weighted by Crippen LogP contribution is 2.28. The standard InChI is InChI=1S/C26H25N3O2/c1-16-5-10-22-23(26(30)28-18(3)19-6-8-21(31-4)9-7-19)15-24(29-25(22)17(16)2)20-11-13-27-14-12-20/h5-15,18H,1-4H3,(H,28,30)/t18-/m0/s1. The minimum atomic E-state index is -0.155. The lowest BCUT2D eigenvalue weighted by Gasteiger charge is -2.17. The fraction of sp³-hybridized carbons (Fsp3) is 0.192. The highest BCUT2D eigenvalue weighted by Gasteiger charge is 2.18. The maximum Gasteiger partial charge on any atom is 0.252 e. The van der Waals surface area contributed by atoms with Crippen LogP contribution in [0.2, 0.25) is 0 Å². The van der Waals surface area contributed by atoms with Crippen molar-refractivity contribution in [3.05, 3.63) is 89.2 Å². The third kappa shape index (κ3) is 4.12. The minimum absolute atomic E-state index is 0.130. The van der Waals surface area contributed by atoms with E-state index in [-0.39, 0.29) is 11.9 Å². The fourth-order valence-corrected chi connectivity index (χ4v) is 3.64. The number of nitrogens with zero attached hydrogens (tertiary/aromatic N) is 2. The molecule has 1 atom stereocenters. The molecular formula is C26H25N3O2. The van der Waals surface area contributed by atoms with Crippen molar-refractivity contribution in [2.75, 3.05) is 7.11 Å². The lowest BCUT2D eigenvalue weighted by Crippen LogP contribution is -2.27. The van der Waals surface area contributed by atoms with E-state index in [0.717, 1.165) is 44.6 Å². The third-order valence-electron chi connectivity index (χ3n) is 5.69. The van der Waals surface area contributed by atoms with Gasteiger partial charge in [-0.1, -0.05) is 24.3 Å². The average Bonchev–Trinajstić information content (AvgIpc) is 2.81. The Hall–Kier alpha value is -3.73. The largest absolute Gasteiger partial charge is 0.497 e. The molecule has 0 saturated heterocycles.